The minimum absolute atomic E-state index is 0.224. The highest BCUT2D eigenvalue weighted by Gasteiger charge is 2.31. The van der Waals surface area contributed by atoms with Crippen LogP contribution in [-0.4, -0.2) is 6.36 Å². The maximum atomic E-state index is 12.3. The minimum atomic E-state index is -4.73. The van der Waals surface area contributed by atoms with Crippen LogP contribution in [0.2, 0.25) is 0 Å². The predicted octanol–water partition coefficient (Wildman–Crippen LogP) is 4.96. The minimum Gasteiger partial charge on any atom is -0.406 e. The summed E-state index contributed by atoms with van der Waals surface area (Å²) < 4.78 is 40.9. The second kappa shape index (κ2) is 5.68. The van der Waals surface area contributed by atoms with Crippen LogP contribution in [0.15, 0.2) is 42.5 Å². The smallest absolute Gasteiger partial charge is 0.406 e. The van der Waals surface area contributed by atoms with E-state index in [-0.39, 0.29) is 11.4 Å². The Bertz CT molecular complexity index is 636. The van der Waals surface area contributed by atoms with Gasteiger partial charge in [-0.1, -0.05) is 38.1 Å². The van der Waals surface area contributed by atoms with Gasteiger partial charge in [0.25, 0.3) is 0 Å². The summed E-state index contributed by atoms with van der Waals surface area (Å²) in [5, 5.41) is 0. The summed E-state index contributed by atoms with van der Waals surface area (Å²) >= 11 is 0. The number of hydrogen-bond acceptors (Lipinski definition) is 2. The highest BCUT2D eigenvalue weighted by Crippen LogP contribution is 2.31. The Labute approximate surface area is 121 Å². The molecule has 2 aromatic rings. The third-order valence-electron chi connectivity index (χ3n) is 3.05. The Morgan fingerprint density at radius 3 is 2.33 bits per heavy atom. The van der Waals surface area contributed by atoms with Crippen LogP contribution in [0.1, 0.15) is 25.3 Å². The van der Waals surface area contributed by atoms with Crippen LogP contribution in [0, 0.1) is 0 Å². The summed E-state index contributed by atoms with van der Waals surface area (Å²) in [6.07, 6.45) is -4.73. The Hall–Kier alpha value is -2.17. The van der Waals surface area contributed by atoms with Crippen molar-refractivity contribution in [3.8, 4) is 16.9 Å². The van der Waals surface area contributed by atoms with Gasteiger partial charge in [-0.25, -0.2) is 0 Å². The monoisotopic (exact) mass is 295 g/mol. The van der Waals surface area contributed by atoms with E-state index >= 15 is 0 Å². The van der Waals surface area contributed by atoms with E-state index in [1.807, 2.05) is 24.3 Å². The van der Waals surface area contributed by atoms with E-state index in [1.54, 1.807) is 6.07 Å². The van der Waals surface area contributed by atoms with Crippen LogP contribution in [0.5, 0.6) is 5.75 Å². The van der Waals surface area contributed by atoms with Gasteiger partial charge in [0, 0.05) is 11.8 Å². The number of benzene rings is 2. The molecular formula is C16H16F3NO. The number of hydrogen-bond donors (Lipinski definition) is 1. The highest BCUT2D eigenvalue weighted by molar-refractivity contribution is 5.70. The Kier molecular flexibility index (Phi) is 4.11. The number of rotatable bonds is 3. The first-order valence-electron chi connectivity index (χ1n) is 6.51. The number of nitrogens with two attached hydrogens (primary N) is 1. The van der Waals surface area contributed by atoms with Gasteiger partial charge in [0.1, 0.15) is 5.75 Å². The molecule has 0 unspecified atom stereocenters. The zero-order valence-electron chi connectivity index (χ0n) is 11.7. The molecule has 112 valence electrons. The Morgan fingerprint density at radius 2 is 1.71 bits per heavy atom. The van der Waals surface area contributed by atoms with E-state index in [9.17, 15) is 13.2 Å². The van der Waals surface area contributed by atoms with Crippen molar-refractivity contribution in [2.24, 2.45) is 0 Å². The molecule has 0 bridgehead atoms. The molecule has 2 aromatic carbocycles. The fourth-order valence-electron chi connectivity index (χ4n) is 2.06. The molecule has 0 aliphatic heterocycles. The third kappa shape index (κ3) is 4.15. The third-order valence-corrected chi connectivity index (χ3v) is 3.05. The van der Waals surface area contributed by atoms with E-state index in [0.717, 1.165) is 17.2 Å². The number of ether oxygens (including phenoxy) is 1. The molecule has 2 N–H and O–H groups in total. The molecule has 2 rings (SSSR count). The molecule has 0 aliphatic rings. The second-order valence-corrected chi connectivity index (χ2v) is 5.12. The van der Waals surface area contributed by atoms with Crippen molar-refractivity contribution in [3.63, 3.8) is 0 Å². The van der Waals surface area contributed by atoms with Gasteiger partial charge in [0.2, 0.25) is 0 Å². The van der Waals surface area contributed by atoms with Crippen LogP contribution in [0.3, 0.4) is 0 Å². The van der Waals surface area contributed by atoms with Crippen molar-refractivity contribution in [2.75, 3.05) is 5.73 Å². The molecule has 0 radical (unpaired) electrons. The lowest BCUT2D eigenvalue weighted by Crippen LogP contribution is -2.17. The van der Waals surface area contributed by atoms with Crippen LogP contribution in [0.4, 0.5) is 18.9 Å². The van der Waals surface area contributed by atoms with Gasteiger partial charge < -0.3 is 10.5 Å². The maximum Gasteiger partial charge on any atom is 0.573 e. The van der Waals surface area contributed by atoms with Gasteiger partial charge in [0.15, 0.2) is 0 Å². The largest absolute Gasteiger partial charge is 0.573 e. The molecule has 0 atom stereocenters. The number of halogens is 3. The van der Waals surface area contributed by atoms with Crippen molar-refractivity contribution >= 4 is 5.69 Å². The van der Waals surface area contributed by atoms with Crippen LogP contribution < -0.4 is 10.5 Å². The number of alkyl halides is 3. The zero-order valence-corrected chi connectivity index (χ0v) is 11.7. The molecule has 0 heterocycles. The lowest BCUT2D eigenvalue weighted by molar-refractivity contribution is -0.274. The average molecular weight is 295 g/mol. The molecule has 0 fully saturated rings. The van der Waals surface area contributed by atoms with Crippen molar-refractivity contribution < 1.29 is 17.9 Å². The van der Waals surface area contributed by atoms with Gasteiger partial charge in [-0.3, -0.25) is 0 Å². The standard InChI is InChI=1S/C16H16F3NO/c1-10(2)11-4-3-5-12(6-11)13-7-14(20)9-15(8-13)21-16(17,18)19/h3-10H,20H2,1-2H3. The van der Waals surface area contributed by atoms with Gasteiger partial charge in [0.05, 0.1) is 0 Å². The summed E-state index contributed by atoms with van der Waals surface area (Å²) in [5.41, 5.74) is 8.39. The average Bonchev–Trinajstić information content (AvgIpc) is 2.36. The van der Waals surface area contributed by atoms with Crippen molar-refractivity contribution in [1.82, 2.24) is 0 Å². The van der Waals surface area contributed by atoms with Crippen LogP contribution >= 0.6 is 0 Å². The SMILES string of the molecule is CC(C)c1cccc(-c2cc(N)cc(OC(F)(F)F)c2)c1. The predicted molar refractivity (Wildman–Crippen MR) is 77.1 cm³/mol. The quantitative estimate of drug-likeness (QED) is 0.812. The topological polar surface area (TPSA) is 35.2 Å². The van der Waals surface area contributed by atoms with Crippen LogP contribution in [-0.2, 0) is 0 Å². The lowest BCUT2D eigenvalue weighted by atomic mass is 9.97. The highest BCUT2D eigenvalue weighted by atomic mass is 19.4. The summed E-state index contributed by atoms with van der Waals surface area (Å²) in [6.45, 7) is 4.10. The first kappa shape index (κ1) is 15.2. The summed E-state index contributed by atoms with van der Waals surface area (Å²) in [6, 6.07) is 11.7. The molecule has 5 heteroatoms. The number of anilines is 1. The first-order chi connectivity index (χ1) is 9.74. The molecule has 0 saturated heterocycles. The molecule has 0 aromatic heterocycles. The maximum absolute atomic E-state index is 12.3. The number of nitrogen functional groups attached to an aromatic ring is 1. The summed E-state index contributed by atoms with van der Waals surface area (Å²) in [4.78, 5) is 0. The normalized spacial score (nSPS) is 11.7. The fraction of sp³-hybridized carbons (Fsp3) is 0.250. The molecule has 0 amide bonds. The first-order valence-corrected chi connectivity index (χ1v) is 6.51. The van der Waals surface area contributed by atoms with Crippen molar-refractivity contribution in [1.29, 1.82) is 0 Å². The zero-order chi connectivity index (χ0) is 15.6. The van der Waals surface area contributed by atoms with Gasteiger partial charge in [-0.2, -0.15) is 0 Å². The van der Waals surface area contributed by atoms with Gasteiger partial charge >= 0.3 is 6.36 Å². The second-order valence-electron chi connectivity index (χ2n) is 5.12. The van der Waals surface area contributed by atoms with Gasteiger partial charge in [-0.15, -0.1) is 13.2 Å². The van der Waals surface area contributed by atoms with E-state index in [2.05, 4.69) is 18.6 Å². The summed E-state index contributed by atoms with van der Waals surface area (Å²) in [7, 11) is 0. The Morgan fingerprint density at radius 1 is 1.00 bits per heavy atom. The molecule has 0 saturated carbocycles. The molecule has 0 aliphatic carbocycles. The lowest BCUT2D eigenvalue weighted by Gasteiger charge is -2.13. The van der Waals surface area contributed by atoms with E-state index in [4.69, 9.17) is 5.73 Å². The molecule has 0 spiro atoms. The Balaban J connectivity index is 2.42. The van der Waals surface area contributed by atoms with Gasteiger partial charge in [-0.05, 0) is 34.7 Å². The molecule has 2 nitrogen and oxygen atoms in total. The summed E-state index contributed by atoms with van der Waals surface area (Å²) in [5.74, 6) is 0.0179. The fourth-order valence-corrected chi connectivity index (χ4v) is 2.06. The van der Waals surface area contributed by atoms with Crippen molar-refractivity contribution in [2.45, 2.75) is 26.1 Å². The van der Waals surface area contributed by atoms with E-state index in [0.29, 0.717) is 11.5 Å². The van der Waals surface area contributed by atoms with E-state index in [1.165, 1.54) is 6.07 Å². The molecular weight excluding hydrogens is 279 g/mol. The van der Waals surface area contributed by atoms with Crippen molar-refractivity contribution in [3.05, 3.63) is 48.0 Å². The van der Waals surface area contributed by atoms with Crippen LogP contribution in [0.25, 0.3) is 11.1 Å². The molecule has 21 heavy (non-hydrogen) atoms. The van der Waals surface area contributed by atoms with E-state index < -0.39 is 6.36 Å².